The topological polar surface area (TPSA) is 179 Å². The molecule has 0 bridgehead atoms. The third-order valence-corrected chi connectivity index (χ3v) is 2.26. The predicted octanol–water partition coefficient (Wildman–Crippen LogP) is -2.28. The molecule has 0 amide bonds. The zero-order chi connectivity index (χ0) is 13.8. The summed E-state index contributed by atoms with van der Waals surface area (Å²) in [7, 11) is -3.81. The Balaban J connectivity index is 2.65. The summed E-state index contributed by atoms with van der Waals surface area (Å²) in [6.45, 7) is 1.45. The summed E-state index contributed by atoms with van der Waals surface area (Å²) in [5.41, 5.74) is 5.19. The Morgan fingerprint density at radius 3 is 2.89 bits per heavy atom. The molecule has 1 aromatic heterocycles. The quantitative estimate of drug-likeness (QED) is 0.195. The van der Waals surface area contributed by atoms with Crippen molar-refractivity contribution in [2.24, 2.45) is 16.0 Å². The van der Waals surface area contributed by atoms with Gasteiger partial charge >= 0.3 is 0 Å². The van der Waals surface area contributed by atoms with Gasteiger partial charge in [0.1, 0.15) is 6.10 Å². The average Bonchev–Trinajstić information content (AvgIpc) is 2.72. The molecule has 6 N–H and O–H groups in total. The Morgan fingerprint density at radius 1 is 1.67 bits per heavy atom. The number of hydrogen-bond acceptors (Lipinski definition) is 8. The van der Waals surface area contributed by atoms with Gasteiger partial charge in [-0.25, -0.2) is 9.77 Å². The van der Waals surface area contributed by atoms with E-state index in [9.17, 15) is 8.42 Å². The lowest BCUT2D eigenvalue weighted by Gasteiger charge is -2.12. The Bertz CT molecular complexity index is 524. The summed E-state index contributed by atoms with van der Waals surface area (Å²) in [4.78, 5) is 0. The average molecular weight is 280 g/mol. The molecule has 1 heterocycles. The van der Waals surface area contributed by atoms with E-state index < -0.39 is 16.3 Å². The molecule has 0 aliphatic carbocycles. The van der Waals surface area contributed by atoms with Crippen LogP contribution in [0, 0.1) is 0 Å². The van der Waals surface area contributed by atoms with Crippen molar-refractivity contribution in [1.82, 2.24) is 15.0 Å². The van der Waals surface area contributed by atoms with Crippen molar-refractivity contribution in [3.8, 4) is 5.88 Å². The minimum absolute atomic E-state index is 0.0959. The van der Waals surface area contributed by atoms with Crippen LogP contribution >= 0.6 is 0 Å². The number of nitrogens with zero attached hydrogens (tertiary/aromatic N) is 3. The highest BCUT2D eigenvalue weighted by Crippen LogP contribution is 2.13. The first-order valence-electron chi connectivity index (χ1n) is 4.58. The lowest BCUT2D eigenvalue weighted by atomic mass is 10.4. The molecule has 102 valence electrons. The Kier molecular flexibility index (Phi) is 4.41. The second-order valence-corrected chi connectivity index (χ2v) is 4.60. The summed E-state index contributed by atoms with van der Waals surface area (Å²) in [5.74, 6) is -0.480. The minimum atomic E-state index is -3.81. The fourth-order valence-electron chi connectivity index (χ4n) is 0.927. The normalized spacial score (nSPS) is 14.4. The van der Waals surface area contributed by atoms with Gasteiger partial charge in [0.15, 0.2) is 5.84 Å². The summed E-state index contributed by atoms with van der Waals surface area (Å²) in [6, 6.07) is 0. The van der Waals surface area contributed by atoms with Crippen molar-refractivity contribution in [3.05, 3.63) is 5.69 Å². The SMILES string of the molecule is C[C@@H](CNS(N)(=O)=O)Oc1nonc1/C(N)=N/O. The van der Waals surface area contributed by atoms with E-state index in [0.717, 1.165) is 0 Å². The van der Waals surface area contributed by atoms with Gasteiger partial charge in [0, 0.05) is 6.54 Å². The number of amidine groups is 1. The van der Waals surface area contributed by atoms with Crippen LogP contribution in [0.25, 0.3) is 0 Å². The molecule has 1 atom stereocenters. The van der Waals surface area contributed by atoms with E-state index in [2.05, 4.69) is 20.1 Å². The Hall–Kier alpha value is -1.92. The highest BCUT2D eigenvalue weighted by molar-refractivity contribution is 7.87. The number of oxime groups is 1. The standard InChI is InChI=1S/C6H12N6O5S/c1-3(2-9-18(8,14)15)16-6-4(5(7)10-13)11-17-12-6/h3,9,13H,2H2,1H3,(H2,7,10)(H2,8,14,15)/t3-/m0/s1. The highest BCUT2D eigenvalue weighted by atomic mass is 32.2. The molecule has 0 fully saturated rings. The molecule has 0 spiro atoms. The molecule has 18 heavy (non-hydrogen) atoms. The van der Waals surface area contributed by atoms with Gasteiger partial charge in [0.05, 0.1) is 0 Å². The first-order valence-corrected chi connectivity index (χ1v) is 6.12. The maximum Gasteiger partial charge on any atom is 0.287 e. The molecule has 0 unspecified atom stereocenters. The molecule has 11 nitrogen and oxygen atoms in total. The zero-order valence-electron chi connectivity index (χ0n) is 9.27. The number of nitrogens with two attached hydrogens (primary N) is 2. The first-order chi connectivity index (χ1) is 8.33. The molecule has 12 heteroatoms. The number of nitrogens with one attached hydrogen (secondary N) is 1. The number of ether oxygens (including phenoxy) is 1. The van der Waals surface area contributed by atoms with Crippen molar-refractivity contribution < 1.29 is 23.0 Å². The van der Waals surface area contributed by atoms with Crippen molar-refractivity contribution in [1.29, 1.82) is 0 Å². The molecule has 0 aliphatic rings. The highest BCUT2D eigenvalue weighted by Gasteiger charge is 2.19. The van der Waals surface area contributed by atoms with Crippen LogP contribution in [0.3, 0.4) is 0 Å². The second-order valence-electron chi connectivity index (χ2n) is 3.23. The molecule has 0 aromatic carbocycles. The molecular weight excluding hydrogens is 268 g/mol. The Morgan fingerprint density at radius 2 is 2.33 bits per heavy atom. The van der Waals surface area contributed by atoms with Gasteiger partial charge < -0.3 is 15.7 Å². The molecule has 0 radical (unpaired) electrons. The van der Waals surface area contributed by atoms with Gasteiger partial charge in [-0.05, 0) is 17.2 Å². The van der Waals surface area contributed by atoms with Crippen molar-refractivity contribution in [3.63, 3.8) is 0 Å². The van der Waals surface area contributed by atoms with Gasteiger partial charge in [-0.2, -0.15) is 13.1 Å². The van der Waals surface area contributed by atoms with E-state index >= 15 is 0 Å². The first kappa shape index (κ1) is 14.1. The van der Waals surface area contributed by atoms with Gasteiger partial charge in [-0.3, -0.25) is 0 Å². The maximum absolute atomic E-state index is 10.7. The monoisotopic (exact) mass is 280 g/mol. The molecule has 0 saturated heterocycles. The summed E-state index contributed by atoms with van der Waals surface area (Å²) < 4.78 is 32.9. The third kappa shape index (κ3) is 4.15. The fourth-order valence-corrected chi connectivity index (χ4v) is 1.39. The zero-order valence-corrected chi connectivity index (χ0v) is 10.1. The van der Waals surface area contributed by atoms with Crippen LogP contribution in [0.15, 0.2) is 9.78 Å². The van der Waals surface area contributed by atoms with Crippen molar-refractivity contribution >= 4 is 16.0 Å². The third-order valence-electron chi connectivity index (χ3n) is 1.69. The second kappa shape index (κ2) is 5.61. The summed E-state index contributed by atoms with van der Waals surface area (Å²) in [5, 5.41) is 22.7. The van der Waals surface area contributed by atoms with Crippen LogP contribution in [-0.2, 0) is 10.2 Å². The van der Waals surface area contributed by atoms with Crippen LogP contribution in [0.2, 0.25) is 0 Å². The van der Waals surface area contributed by atoms with E-state index in [-0.39, 0.29) is 24.0 Å². The Labute approximate surface area is 102 Å². The lowest BCUT2D eigenvalue weighted by molar-refractivity contribution is 0.197. The van der Waals surface area contributed by atoms with Crippen LogP contribution in [0.5, 0.6) is 5.88 Å². The van der Waals surface area contributed by atoms with E-state index in [1.165, 1.54) is 0 Å². The van der Waals surface area contributed by atoms with Gasteiger partial charge in [-0.1, -0.05) is 5.16 Å². The molecule has 1 rings (SSSR count). The van der Waals surface area contributed by atoms with Gasteiger partial charge in [0.25, 0.3) is 16.1 Å². The van der Waals surface area contributed by atoms with E-state index in [1.807, 2.05) is 4.72 Å². The number of aromatic nitrogens is 2. The minimum Gasteiger partial charge on any atom is -0.469 e. The molecule has 0 aliphatic heterocycles. The smallest absolute Gasteiger partial charge is 0.287 e. The number of rotatable bonds is 6. The van der Waals surface area contributed by atoms with Crippen LogP contribution in [0.4, 0.5) is 0 Å². The van der Waals surface area contributed by atoms with E-state index in [0.29, 0.717) is 0 Å². The number of hydrogen-bond donors (Lipinski definition) is 4. The molecular formula is C6H12N6O5S. The summed E-state index contributed by atoms with van der Waals surface area (Å²) in [6.07, 6.45) is -0.625. The van der Waals surface area contributed by atoms with Crippen LogP contribution < -0.4 is 20.3 Å². The van der Waals surface area contributed by atoms with E-state index in [1.54, 1.807) is 6.92 Å². The molecule has 1 aromatic rings. The lowest BCUT2D eigenvalue weighted by Crippen LogP contribution is -2.37. The van der Waals surface area contributed by atoms with Crippen LogP contribution in [-0.4, -0.2) is 42.4 Å². The van der Waals surface area contributed by atoms with Crippen molar-refractivity contribution in [2.75, 3.05) is 6.54 Å². The molecule has 0 saturated carbocycles. The van der Waals surface area contributed by atoms with Crippen LogP contribution in [0.1, 0.15) is 12.6 Å². The van der Waals surface area contributed by atoms with Crippen molar-refractivity contribution in [2.45, 2.75) is 13.0 Å². The summed E-state index contributed by atoms with van der Waals surface area (Å²) >= 11 is 0. The fraction of sp³-hybridized carbons (Fsp3) is 0.500. The maximum atomic E-state index is 10.7. The van der Waals surface area contributed by atoms with Gasteiger partial charge in [0.2, 0.25) is 5.69 Å². The van der Waals surface area contributed by atoms with Gasteiger partial charge in [-0.15, -0.1) is 0 Å². The predicted molar refractivity (Wildman–Crippen MR) is 58.0 cm³/mol. The van der Waals surface area contributed by atoms with E-state index in [4.69, 9.17) is 20.8 Å². The largest absolute Gasteiger partial charge is 0.469 e.